The molecule has 0 radical (unpaired) electrons. The average Bonchev–Trinajstić information content (AvgIpc) is 2.11. The smallest absolute Gasteiger partial charge is 0.323 e. The van der Waals surface area contributed by atoms with Crippen LogP contribution in [-0.2, 0) is 15.6 Å². The Labute approximate surface area is 80.0 Å². The highest BCUT2D eigenvalue weighted by Gasteiger charge is 2.10. The van der Waals surface area contributed by atoms with Gasteiger partial charge in [-0.15, -0.1) is 0 Å². The van der Waals surface area contributed by atoms with Crippen molar-refractivity contribution >= 4 is 22.6 Å². The molecule has 0 saturated heterocycles. The van der Waals surface area contributed by atoms with Gasteiger partial charge in [0.15, 0.2) is 0 Å². The molecular formula is C7H14N2O3S. The first-order valence-corrected chi connectivity index (χ1v) is 5.36. The topological polar surface area (TPSA) is 67.8 Å². The monoisotopic (exact) mass is 206 g/mol. The molecule has 76 valence electrons. The Morgan fingerprint density at radius 3 is 2.54 bits per heavy atom. The molecule has 1 N–H and O–H groups in total. The van der Waals surface area contributed by atoms with Crippen LogP contribution in [-0.4, -0.2) is 34.6 Å². The van der Waals surface area contributed by atoms with Crippen LogP contribution >= 0.6 is 0 Å². The van der Waals surface area contributed by atoms with E-state index in [0.717, 1.165) is 0 Å². The van der Waals surface area contributed by atoms with E-state index >= 15 is 0 Å². The van der Waals surface area contributed by atoms with Gasteiger partial charge in [-0.1, -0.05) is 5.16 Å². The quantitative estimate of drug-likeness (QED) is 0.415. The maximum atomic E-state index is 11.0. The summed E-state index contributed by atoms with van der Waals surface area (Å²) in [6, 6.07) is 0. The summed E-state index contributed by atoms with van der Waals surface area (Å²) in [5.41, 5.74) is 0.532. The van der Waals surface area contributed by atoms with E-state index in [2.05, 4.69) is 15.3 Å². The van der Waals surface area contributed by atoms with Gasteiger partial charge >= 0.3 is 6.09 Å². The summed E-state index contributed by atoms with van der Waals surface area (Å²) >= 11 is 0. The van der Waals surface area contributed by atoms with Crippen LogP contribution < -0.4 is 5.32 Å². The molecule has 0 rings (SSSR count). The predicted molar refractivity (Wildman–Crippen MR) is 52.2 cm³/mol. The number of rotatable bonds is 3. The minimum Gasteiger partial charge on any atom is -0.323 e. The Hall–Kier alpha value is -0.910. The zero-order valence-electron chi connectivity index (χ0n) is 8.16. The lowest BCUT2D eigenvalue weighted by atomic mass is 10.3. The first kappa shape index (κ1) is 12.1. The molecule has 0 heterocycles. The fourth-order valence-electron chi connectivity index (χ4n) is 0.474. The van der Waals surface area contributed by atoms with Crippen LogP contribution in [0.5, 0.6) is 0 Å². The van der Waals surface area contributed by atoms with Gasteiger partial charge in [0, 0.05) is 24.1 Å². The van der Waals surface area contributed by atoms with Crippen LogP contribution in [0.15, 0.2) is 5.16 Å². The minimum atomic E-state index is -1.000. The SMILES string of the molecule is CNC(=O)O/N=C(/C)[C@@H](C)[S@@](C)=O. The van der Waals surface area contributed by atoms with Gasteiger partial charge in [0.2, 0.25) is 0 Å². The maximum absolute atomic E-state index is 11.0. The largest absolute Gasteiger partial charge is 0.433 e. The number of hydrogen-bond acceptors (Lipinski definition) is 4. The highest BCUT2D eigenvalue weighted by molar-refractivity contribution is 7.85. The Bertz CT molecular complexity index is 240. The summed E-state index contributed by atoms with van der Waals surface area (Å²) in [4.78, 5) is 15.0. The molecule has 0 spiro atoms. The molecule has 0 aliphatic carbocycles. The molecule has 0 fully saturated rings. The van der Waals surface area contributed by atoms with Crippen LogP contribution in [0.4, 0.5) is 4.79 Å². The Morgan fingerprint density at radius 2 is 2.15 bits per heavy atom. The van der Waals surface area contributed by atoms with Gasteiger partial charge in [0.05, 0.1) is 11.0 Å². The molecule has 0 saturated carbocycles. The molecule has 5 nitrogen and oxygen atoms in total. The van der Waals surface area contributed by atoms with E-state index in [9.17, 15) is 9.00 Å². The van der Waals surface area contributed by atoms with Crippen LogP contribution in [0, 0.1) is 0 Å². The average molecular weight is 206 g/mol. The van der Waals surface area contributed by atoms with Crippen LogP contribution in [0.25, 0.3) is 0 Å². The van der Waals surface area contributed by atoms with Crippen molar-refractivity contribution in [3.8, 4) is 0 Å². The molecule has 0 aromatic heterocycles. The highest BCUT2D eigenvalue weighted by Crippen LogP contribution is 1.97. The molecule has 0 aromatic rings. The summed E-state index contributed by atoms with van der Waals surface area (Å²) in [6.45, 7) is 3.41. The van der Waals surface area contributed by atoms with Gasteiger partial charge in [-0.2, -0.15) is 0 Å². The molecule has 0 aromatic carbocycles. The Morgan fingerprint density at radius 1 is 1.62 bits per heavy atom. The fourth-order valence-corrected chi connectivity index (χ4v) is 0.997. The second kappa shape index (κ2) is 5.69. The van der Waals surface area contributed by atoms with Crippen molar-refractivity contribution in [3.63, 3.8) is 0 Å². The first-order valence-electron chi connectivity index (χ1n) is 3.74. The Kier molecular flexibility index (Phi) is 5.29. The van der Waals surface area contributed by atoms with Crippen molar-refractivity contribution in [2.45, 2.75) is 19.1 Å². The third-order valence-electron chi connectivity index (χ3n) is 1.56. The number of nitrogens with one attached hydrogen (secondary N) is 1. The van der Waals surface area contributed by atoms with Crippen molar-refractivity contribution in [1.82, 2.24) is 5.32 Å². The minimum absolute atomic E-state index is 0.204. The lowest BCUT2D eigenvalue weighted by Gasteiger charge is -2.05. The second-order valence-electron chi connectivity index (χ2n) is 2.50. The maximum Gasteiger partial charge on any atom is 0.433 e. The molecule has 1 amide bonds. The molecule has 2 atom stereocenters. The lowest BCUT2D eigenvalue weighted by Crippen LogP contribution is -2.22. The third kappa shape index (κ3) is 4.62. The molecule has 0 bridgehead atoms. The van der Waals surface area contributed by atoms with Crippen molar-refractivity contribution in [3.05, 3.63) is 0 Å². The summed E-state index contributed by atoms with van der Waals surface area (Å²) < 4.78 is 11.0. The third-order valence-corrected chi connectivity index (χ3v) is 2.90. The van der Waals surface area contributed by atoms with E-state index in [1.54, 1.807) is 20.1 Å². The van der Waals surface area contributed by atoms with Crippen LogP contribution in [0.1, 0.15) is 13.8 Å². The summed E-state index contributed by atoms with van der Waals surface area (Å²) in [5.74, 6) is 0. The number of amides is 1. The highest BCUT2D eigenvalue weighted by atomic mass is 32.2. The van der Waals surface area contributed by atoms with E-state index in [4.69, 9.17) is 0 Å². The van der Waals surface area contributed by atoms with Crippen molar-refractivity contribution in [2.75, 3.05) is 13.3 Å². The van der Waals surface area contributed by atoms with Crippen molar-refractivity contribution < 1.29 is 13.8 Å². The molecule has 0 unspecified atom stereocenters. The predicted octanol–water partition coefficient (Wildman–Crippen LogP) is 0.485. The number of hydrogen-bond donors (Lipinski definition) is 1. The van der Waals surface area contributed by atoms with E-state index in [-0.39, 0.29) is 5.25 Å². The summed E-state index contributed by atoms with van der Waals surface area (Å²) in [7, 11) is 0.440. The molecule has 0 aliphatic rings. The van der Waals surface area contributed by atoms with Crippen molar-refractivity contribution in [1.29, 1.82) is 0 Å². The van der Waals surface area contributed by atoms with Gasteiger partial charge in [-0.25, -0.2) is 4.79 Å². The van der Waals surface area contributed by atoms with Gasteiger partial charge in [-0.3, -0.25) is 9.05 Å². The Balaban J connectivity index is 4.16. The number of oxime groups is 1. The second-order valence-corrected chi connectivity index (χ2v) is 4.21. The molecule has 13 heavy (non-hydrogen) atoms. The zero-order valence-corrected chi connectivity index (χ0v) is 8.97. The van der Waals surface area contributed by atoms with Crippen LogP contribution in [0.2, 0.25) is 0 Å². The van der Waals surface area contributed by atoms with Crippen LogP contribution in [0.3, 0.4) is 0 Å². The van der Waals surface area contributed by atoms with E-state index in [1.165, 1.54) is 7.05 Å². The summed E-state index contributed by atoms with van der Waals surface area (Å²) in [5, 5.41) is 5.57. The number of carbonyl (C=O) groups excluding carboxylic acids is 1. The summed E-state index contributed by atoms with van der Waals surface area (Å²) in [6.07, 6.45) is 0.942. The standard InChI is InChI=1S/C7H14N2O3S/c1-5(6(2)13(4)11)9-12-7(10)8-3/h6H,1-4H3,(H,8,10)/b9-5-/t6-,13-/m1/s1. The van der Waals surface area contributed by atoms with E-state index in [0.29, 0.717) is 5.71 Å². The van der Waals surface area contributed by atoms with Gasteiger partial charge < -0.3 is 5.32 Å². The van der Waals surface area contributed by atoms with E-state index < -0.39 is 16.9 Å². The lowest BCUT2D eigenvalue weighted by molar-refractivity contribution is 0.153. The molecule has 0 aliphatic heterocycles. The van der Waals surface area contributed by atoms with E-state index in [1.807, 2.05) is 0 Å². The molecule has 6 heteroatoms. The zero-order chi connectivity index (χ0) is 10.4. The number of nitrogens with zero attached hydrogens (tertiary/aromatic N) is 1. The van der Waals surface area contributed by atoms with Crippen molar-refractivity contribution in [2.24, 2.45) is 5.16 Å². The van der Waals surface area contributed by atoms with Gasteiger partial charge in [0.25, 0.3) is 0 Å². The van der Waals surface area contributed by atoms with Gasteiger partial charge in [0.1, 0.15) is 0 Å². The van der Waals surface area contributed by atoms with Gasteiger partial charge in [-0.05, 0) is 13.8 Å². The molecular weight excluding hydrogens is 192 g/mol. The number of carbonyl (C=O) groups is 1. The fraction of sp³-hybridized carbons (Fsp3) is 0.714. The first-order chi connectivity index (χ1) is 5.99. The normalized spacial score (nSPS) is 16.2.